The zero-order chi connectivity index (χ0) is 15.2. The highest BCUT2D eigenvalue weighted by molar-refractivity contribution is 5.55. The molecule has 0 bridgehead atoms. The Morgan fingerprint density at radius 1 is 1.19 bits per heavy atom. The van der Waals surface area contributed by atoms with Crippen molar-refractivity contribution in [2.24, 2.45) is 5.73 Å². The Bertz CT molecular complexity index is 598. The number of aryl methyl sites for hydroxylation is 1. The predicted molar refractivity (Wildman–Crippen MR) is 84.9 cm³/mol. The maximum Gasteiger partial charge on any atom is 0.146 e. The van der Waals surface area contributed by atoms with Gasteiger partial charge in [0.05, 0.1) is 17.9 Å². The molecule has 0 aliphatic carbocycles. The summed E-state index contributed by atoms with van der Waals surface area (Å²) in [5.74, 6) is -0.199. The van der Waals surface area contributed by atoms with E-state index in [1.165, 1.54) is 6.07 Å². The third kappa shape index (κ3) is 3.79. The lowest BCUT2D eigenvalue weighted by molar-refractivity contribution is 0.613. The first kappa shape index (κ1) is 15.4. The molecule has 2 rings (SSSR count). The number of anilines is 1. The van der Waals surface area contributed by atoms with Gasteiger partial charge in [-0.25, -0.2) is 4.39 Å². The van der Waals surface area contributed by atoms with E-state index in [-0.39, 0.29) is 5.82 Å². The van der Waals surface area contributed by atoms with E-state index in [0.717, 1.165) is 17.0 Å². The summed E-state index contributed by atoms with van der Waals surface area (Å²) >= 11 is 0. The Morgan fingerprint density at radius 3 is 2.62 bits per heavy atom. The first-order valence-electron chi connectivity index (χ1n) is 7.30. The summed E-state index contributed by atoms with van der Waals surface area (Å²) in [5.41, 5.74) is 9.15. The van der Waals surface area contributed by atoms with Crippen LogP contribution in [0.4, 0.5) is 10.1 Å². The Labute approximate surface area is 125 Å². The summed E-state index contributed by atoms with van der Waals surface area (Å²) in [4.78, 5) is 6.52. The Morgan fingerprint density at radius 2 is 1.95 bits per heavy atom. The monoisotopic (exact) mass is 287 g/mol. The zero-order valence-electron chi connectivity index (χ0n) is 12.6. The van der Waals surface area contributed by atoms with E-state index < -0.39 is 0 Å². The molecule has 0 spiro atoms. The Balaban J connectivity index is 2.33. The summed E-state index contributed by atoms with van der Waals surface area (Å²) in [6.45, 7) is 5.80. The molecular weight excluding hydrogens is 265 g/mol. The number of pyridine rings is 1. The molecule has 0 saturated carbocycles. The van der Waals surface area contributed by atoms with Gasteiger partial charge in [-0.2, -0.15) is 0 Å². The molecular formula is C17H22FN3. The quantitative estimate of drug-likeness (QED) is 0.888. The summed E-state index contributed by atoms with van der Waals surface area (Å²) in [6, 6.07) is 11.1. The van der Waals surface area contributed by atoms with Gasteiger partial charge in [0.1, 0.15) is 5.82 Å². The van der Waals surface area contributed by atoms with E-state index in [9.17, 15) is 4.39 Å². The van der Waals surface area contributed by atoms with Gasteiger partial charge in [-0.05, 0) is 50.6 Å². The van der Waals surface area contributed by atoms with Crippen molar-refractivity contribution in [3.8, 4) is 0 Å². The molecule has 0 unspecified atom stereocenters. The number of nitrogens with zero attached hydrogens (tertiary/aromatic N) is 2. The van der Waals surface area contributed by atoms with Crippen LogP contribution in [-0.2, 0) is 13.0 Å². The lowest BCUT2D eigenvalue weighted by Crippen LogP contribution is -2.25. The van der Waals surface area contributed by atoms with Gasteiger partial charge < -0.3 is 10.6 Å². The van der Waals surface area contributed by atoms with Crippen LogP contribution in [0, 0.1) is 12.7 Å². The highest BCUT2D eigenvalue weighted by Gasteiger charge is 2.15. The fraction of sp³-hybridized carbons (Fsp3) is 0.353. The molecule has 0 amide bonds. The number of para-hydroxylation sites is 1. The van der Waals surface area contributed by atoms with E-state index in [1.807, 2.05) is 43.0 Å². The van der Waals surface area contributed by atoms with Crippen molar-refractivity contribution in [2.75, 3.05) is 18.0 Å². The second-order valence-corrected chi connectivity index (χ2v) is 5.07. The second kappa shape index (κ2) is 7.18. The molecule has 4 heteroatoms. The first-order chi connectivity index (χ1) is 10.2. The molecule has 0 radical (unpaired) electrons. The van der Waals surface area contributed by atoms with Crippen LogP contribution in [0.1, 0.15) is 23.9 Å². The average molecular weight is 287 g/mol. The van der Waals surface area contributed by atoms with Gasteiger partial charge in [-0.15, -0.1) is 0 Å². The van der Waals surface area contributed by atoms with Crippen molar-refractivity contribution in [1.82, 2.24) is 4.98 Å². The van der Waals surface area contributed by atoms with Crippen LogP contribution >= 0.6 is 0 Å². The largest absolute Gasteiger partial charge is 0.363 e. The highest BCUT2D eigenvalue weighted by atomic mass is 19.1. The van der Waals surface area contributed by atoms with Crippen LogP contribution in [0.15, 0.2) is 36.4 Å². The van der Waals surface area contributed by atoms with Crippen LogP contribution in [0.2, 0.25) is 0 Å². The molecule has 21 heavy (non-hydrogen) atoms. The van der Waals surface area contributed by atoms with Crippen molar-refractivity contribution < 1.29 is 4.39 Å². The number of hydrogen-bond donors (Lipinski definition) is 1. The maximum atomic E-state index is 14.3. The number of nitrogens with two attached hydrogens (primary N) is 1. The molecule has 0 atom stereocenters. The Hall–Kier alpha value is -1.94. The molecule has 2 N–H and O–H groups in total. The lowest BCUT2D eigenvalue weighted by Gasteiger charge is -2.26. The molecule has 0 saturated heterocycles. The minimum atomic E-state index is -0.199. The van der Waals surface area contributed by atoms with Crippen LogP contribution in [0.5, 0.6) is 0 Å². The molecule has 0 aliphatic rings. The van der Waals surface area contributed by atoms with Crippen molar-refractivity contribution in [3.63, 3.8) is 0 Å². The van der Waals surface area contributed by atoms with Crippen molar-refractivity contribution in [2.45, 2.75) is 26.8 Å². The van der Waals surface area contributed by atoms with Gasteiger partial charge in [0, 0.05) is 12.2 Å². The third-order valence-electron chi connectivity index (χ3n) is 3.48. The second-order valence-electron chi connectivity index (χ2n) is 5.07. The van der Waals surface area contributed by atoms with Gasteiger partial charge in [0.2, 0.25) is 0 Å². The lowest BCUT2D eigenvalue weighted by atomic mass is 10.1. The van der Waals surface area contributed by atoms with Gasteiger partial charge in [-0.1, -0.05) is 18.2 Å². The number of aromatic nitrogens is 1. The van der Waals surface area contributed by atoms with Crippen molar-refractivity contribution in [3.05, 3.63) is 59.2 Å². The third-order valence-corrected chi connectivity index (χ3v) is 3.48. The molecule has 1 aromatic carbocycles. The van der Waals surface area contributed by atoms with Crippen LogP contribution in [0.25, 0.3) is 0 Å². The van der Waals surface area contributed by atoms with Crippen molar-refractivity contribution in [1.29, 1.82) is 0 Å². The Kier molecular flexibility index (Phi) is 5.28. The van der Waals surface area contributed by atoms with E-state index in [1.54, 1.807) is 6.07 Å². The van der Waals surface area contributed by atoms with E-state index in [4.69, 9.17) is 5.73 Å². The standard InChI is InChI=1S/C17H22FN3/c1-3-21(12-15-8-4-6-13(2)20-15)17-14(10-11-19)7-5-9-16(17)18/h4-9H,3,10-12,19H2,1-2H3. The van der Waals surface area contributed by atoms with Crippen LogP contribution in [0.3, 0.4) is 0 Å². The molecule has 1 heterocycles. The molecule has 1 aromatic heterocycles. The van der Waals surface area contributed by atoms with Gasteiger partial charge >= 0.3 is 0 Å². The minimum absolute atomic E-state index is 0.199. The number of halogens is 1. The number of rotatable bonds is 6. The van der Waals surface area contributed by atoms with E-state index in [0.29, 0.717) is 31.7 Å². The number of hydrogen-bond acceptors (Lipinski definition) is 3. The van der Waals surface area contributed by atoms with E-state index >= 15 is 0 Å². The van der Waals surface area contributed by atoms with E-state index in [2.05, 4.69) is 4.98 Å². The van der Waals surface area contributed by atoms with Gasteiger partial charge in [0.15, 0.2) is 0 Å². The first-order valence-corrected chi connectivity index (χ1v) is 7.30. The molecule has 0 fully saturated rings. The van der Waals surface area contributed by atoms with Gasteiger partial charge in [-0.3, -0.25) is 4.98 Å². The maximum absolute atomic E-state index is 14.3. The fourth-order valence-corrected chi connectivity index (χ4v) is 2.50. The SMILES string of the molecule is CCN(Cc1cccc(C)n1)c1c(F)cccc1CCN. The van der Waals surface area contributed by atoms with Crippen molar-refractivity contribution >= 4 is 5.69 Å². The highest BCUT2D eigenvalue weighted by Crippen LogP contribution is 2.26. The van der Waals surface area contributed by atoms with Gasteiger partial charge in [0.25, 0.3) is 0 Å². The molecule has 2 aromatic rings. The topological polar surface area (TPSA) is 42.2 Å². The molecule has 0 aliphatic heterocycles. The summed E-state index contributed by atoms with van der Waals surface area (Å²) in [5, 5.41) is 0. The molecule has 112 valence electrons. The number of benzene rings is 1. The fourth-order valence-electron chi connectivity index (χ4n) is 2.50. The zero-order valence-corrected chi connectivity index (χ0v) is 12.6. The average Bonchev–Trinajstić information content (AvgIpc) is 2.46. The summed E-state index contributed by atoms with van der Waals surface area (Å²) < 4.78 is 14.3. The van der Waals surface area contributed by atoms with Crippen LogP contribution in [-0.4, -0.2) is 18.1 Å². The summed E-state index contributed by atoms with van der Waals surface area (Å²) in [7, 11) is 0. The predicted octanol–water partition coefficient (Wildman–Crippen LogP) is 3.06. The summed E-state index contributed by atoms with van der Waals surface area (Å²) in [6.07, 6.45) is 0.671. The smallest absolute Gasteiger partial charge is 0.146 e. The molecule has 3 nitrogen and oxygen atoms in total. The minimum Gasteiger partial charge on any atom is -0.363 e. The van der Waals surface area contributed by atoms with Crippen LogP contribution < -0.4 is 10.6 Å². The normalized spacial score (nSPS) is 10.7.